The molecular weight excluding hydrogens is 484 g/mol. The summed E-state index contributed by atoms with van der Waals surface area (Å²) in [5.41, 5.74) is 2.36. The quantitative estimate of drug-likeness (QED) is 0.229. The van der Waals surface area contributed by atoms with Crippen molar-refractivity contribution < 1.29 is 19.1 Å². The molecule has 0 saturated heterocycles. The zero-order chi connectivity index (χ0) is 28.1. The average molecular weight is 541 g/mol. The highest BCUT2D eigenvalue weighted by molar-refractivity contribution is 5.80. The van der Waals surface area contributed by atoms with Gasteiger partial charge in [-0.25, -0.2) is 0 Å². The molecule has 0 aromatic heterocycles. The molecule has 4 saturated carbocycles. The Bertz CT molecular complexity index is 946. The van der Waals surface area contributed by atoms with Crippen molar-refractivity contribution in [1.82, 2.24) is 0 Å². The molecule has 0 aromatic rings. The van der Waals surface area contributed by atoms with E-state index in [9.17, 15) is 9.59 Å². The van der Waals surface area contributed by atoms with Crippen LogP contribution in [-0.2, 0) is 19.1 Å². The molecule has 39 heavy (non-hydrogen) atoms. The Morgan fingerprint density at radius 2 is 1.64 bits per heavy atom. The first-order valence-electron chi connectivity index (χ1n) is 16.5. The van der Waals surface area contributed by atoms with Crippen molar-refractivity contribution >= 4 is 11.9 Å². The summed E-state index contributed by atoms with van der Waals surface area (Å²) in [6.07, 6.45) is 16.4. The van der Waals surface area contributed by atoms with Crippen LogP contribution >= 0.6 is 0 Å². The molecule has 0 bridgehead atoms. The van der Waals surface area contributed by atoms with Crippen molar-refractivity contribution in [3.63, 3.8) is 0 Å². The molecule has 5 aliphatic rings. The predicted octanol–water partition coefficient (Wildman–Crippen LogP) is 8.38. The second-order valence-corrected chi connectivity index (χ2v) is 15.5. The minimum atomic E-state index is -0.193. The number of rotatable bonds is 8. The largest absolute Gasteiger partial charge is 0.469 e. The van der Waals surface area contributed by atoms with Crippen molar-refractivity contribution in [3.05, 3.63) is 11.6 Å². The standard InChI is InChI=1S/C35H56O4/c1-21(2)22(3)8-9-23(4)29-12-13-30-28-11-10-26-20-27(39-33(37)25-18-24(19-25)32(36)38-7)14-16-34(26,5)31(28)15-17-35(29,30)6/h10,21-25,27-31H,8-9,11-20H2,1-7H3/t22?,23-,24?,25?,27+,28+,29-,30+,31+,34+,35-/m1/s1. The van der Waals surface area contributed by atoms with Crippen molar-refractivity contribution in [2.45, 2.75) is 125 Å². The molecule has 4 nitrogen and oxygen atoms in total. The van der Waals surface area contributed by atoms with E-state index < -0.39 is 0 Å². The second kappa shape index (κ2) is 11.2. The summed E-state index contributed by atoms with van der Waals surface area (Å²) in [6, 6.07) is 0. The molecule has 0 radical (unpaired) electrons. The van der Waals surface area contributed by atoms with Gasteiger partial charge in [-0.2, -0.15) is 0 Å². The molecule has 0 N–H and O–H groups in total. The number of fused-ring (bicyclic) bond motifs is 5. The van der Waals surface area contributed by atoms with Crippen LogP contribution in [0.25, 0.3) is 0 Å². The minimum absolute atomic E-state index is 0.00403. The normalized spacial score (nSPS) is 42.8. The Morgan fingerprint density at radius 3 is 2.33 bits per heavy atom. The van der Waals surface area contributed by atoms with Gasteiger partial charge in [-0.1, -0.05) is 66.0 Å². The van der Waals surface area contributed by atoms with Gasteiger partial charge in [0.15, 0.2) is 0 Å². The summed E-state index contributed by atoms with van der Waals surface area (Å²) in [4.78, 5) is 24.5. The third kappa shape index (κ3) is 5.25. The lowest BCUT2D eigenvalue weighted by atomic mass is 9.47. The fraction of sp³-hybridized carbons (Fsp3) is 0.886. The van der Waals surface area contributed by atoms with E-state index >= 15 is 0 Å². The maximum atomic E-state index is 12.8. The number of hydrogen-bond donors (Lipinski definition) is 0. The first-order chi connectivity index (χ1) is 18.5. The summed E-state index contributed by atoms with van der Waals surface area (Å²) in [5.74, 6) is 5.29. The summed E-state index contributed by atoms with van der Waals surface area (Å²) in [5, 5.41) is 0. The zero-order valence-electron chi connectivity index (χ0n) is 26.0. The summed E-state index contributed by atoms with van der Waals surface area (Å²) in [6.45, 7) is 15.0. The molecule has 220 valence electrons. The van der Waals surface area contributed by atoms with Gasteiger partial charge >= 0.3 is 11.9 Å². The smallest absolute Gasteiger partial charge is 0.309 e. The molecular formula is C35H56O4. The first kappa shape index (κ1) is 29.2. The fourth-order valence-electron chi connectivity index (χ4n) is 10.2. The van der Waals surface area contributed by atoms with E-state index in [4.69, 9.17) is 9.47 Å². The molecule has 0 aliphatic heterocycles. The van der Waals surface area contributed by atoms with Crippen LogP contribution in [0.5, 0.6) is 0 Å². The summed E-state index contributed by atoms with van der Waals surface area (Å²) in [7, 11) is 1.42. The topological polar surface area (TPSA) is 52.6 Å². The first-order valence-corrected chi connectivity index (χ1v) is 16.5. The van der Waals surface area contributed by atoms with E-state index in [2.05, 4.69) is 47.6 Å². The van der Waals surface area contributed by atoms with Gasteiger partial charge < -0.3 is 9.47 Å². The Labute approximate surface area is 238 Å². The maximum Gasteiger partial charge on any atom is 0.309 e. The van der Waals surface area contributed by atoms with Crippen LogP contribution in [0, 0.1) is 64.1 Å². The number of hydrogen-bond acceptors (Lipinski definition) is 4. The third-order valence-electron chi connectivity index (χ3n) is 13.3. The van der Waals surface area contributed by atoms with Gasteiger partial charge in [-0.05, 0) is 110 Å². The SMILES string of the molecule is COC(=O)C1CC(C(=O)O[C@H]2CC[C@@]3(C)C(=CC[C@H]4[C@@H]5CC[C@H]([C@H](C)CCC(C)C(C)C)[C@@]5(C)CC[C@@H]43)C2)C1. The Morgan fingerprint density at radius 1 is 0.923 bits per heavy atom. The Balaban J connectivity index is 1.20. The number of allylic oxidation sites excluding steroid dienone is 1. The van der Waals surface area contributed by atoms with E-state index in [0.29, 0.717) is 18.3 Å². The lowest BCUT2D eigenvalue weighted by molar-refractivity contribution is -0.165. The van der Waals surface area contributed by atoms with Crippen molar-refractivity contribution in [3.8, 4) is 0 Å². The zero-order valence-corrected chi connectivity index (χ0v) is 26.0. The van der Waals surface area contributed by atoms with Crippen LogP contribution in [0.4, 0.5) is 0 Å². The number of carbonyl (C=O) groups excluding carboxylic acids is 2. The molecule has 4 fully saturated rings. The molecule has 0 heterocycles. The predicted molar refractivity (Wildman–Crippen MR) is 156 cm³/mol. The monoisotopic (exact) mass is 540 g/mol. The lowest BCUT2D eigenvalue weighted by Gasteiger charge is -2.58. The number of methoxy groups -OCH3 is 1. The van der Waals surface area contributed by atoms with Crippen LogP contribution in [0.1, 0.15) is 119 Å². The maximum absolute atomic E-state index is 12.8. The molecule has 4 heteroatoms. The lowest BCUT2D eigenvalue weighted by Crippen LogP contribution is -2.51. The second-order valence-electron chi connectivity index (χ2n) is 15.5. The summed E-state index contributed by atoms with van der Waals surface area (Å²) >= 11 is 0. The Kier molecular flexibility index (Phi) is 8.35. The van der Waals surface area contributed by atoms with Gasteiger partial charge in [0, 0.05) is 6.42 Å². The van der Waals surface area contributed by atoms with Gasteiger partial charge in [0.1, 0.15) is 6.10 Å². The van der Waals surface area contributed by atoms with Gasteiger partial charge in [0.25, 0.3) is 0 Å². The van der Waals surface area contributed by atoms with E-state index in [0.717, 1.165) is 60.7 Å². The molecule has 0 amide bonds. The van der Waals surface area contributed by atoms with E-state index in [1.54, 1.807) is 5.57 Å². The van der Waals surface area contributed by atoms with Crippen molar-refractivity contribution in [2.24, 2.45) is 64.1 Å². The molecule has 0 spiro atoms. The minimum Gasteiger partial charge on any atom is -0.469 e. The number of ether oxygens (including phenoxy) is 2. The number of carbonyl (C=O) groups is 2. The highest BCUT2D eigenvalue weighted by Gasteiger charge is 2.59. The van der Waals surface area contributed by atoms with Crippen LogP contribution in [-0.4, -0.2) is 25.2 Å². The highest BCUT2D eigenvalue weighted by Crippen LogP contribution is 2.67. The summed E-state index contributed by atoms with van der Waals surface area (Å²) < 4.78 is 10.9. The highest BCUT2D eigenvalue weighted by atomic mass is 16.5. The van der Waals surface area contributed by atoms with Crippen LogP contribution < -0.4 is 0 Å². The molecule has 5 rings (SSSR count). The van der Waals surface area contributed by atoms with Crippen LogP contribution in [0.3, 0.4) is 0 Å². The van der Waals surface area contributed by atoms with E-state index in [-0.39, 0.29) is 35.3 Å². The van der Waals surface area contributed by atoms with Crippen molar-refractivity contribution in [2.75, 3.05) is 7.11 Å². The Hall–Kier alpha value is -1.32. The van der Waals surface area contributed by atoms with Gasteiger partial charge in [0.2, 0.25) is 0 Å². The van der Waals surface area contributed by atoms with Crippen molar-refractivity contribution in [1.29, 1.82) is 0 Å². The van der Waals surface area contributed by atoms with Gasteiger partial charge in [-0.15, -0.1) is 0 Å². The molecule has 0 aromatic carbocycles. The van der Waals surface area contributed by atoms with Gasteiger partial charge in [-0.3, -0.25) is 9.59 Å². The third-order valence-corrected chi connectivity index (χ3v) is 13.3. The van der Waals surface area contributed by atoms with Gasteiger partial charge in [0.05, 0.1) is 18.9 Å². The van der Waals surface area contributed by atoms with Crippen LogP contribution in [0.2, 0.25) is 0 Å². The molecule has 5 aliphatic carbocycles. The fourth-order valence-corrected chi connectivity index (χ4v) is 10.2. The molecule has 1 unspecified atom stereocenters. The number of esters is 2. The van der Waals surface area contributed by atoms with Crippen LogP contribution in [0.15, 0.2) is 11.6 Å². The van der Waals surface area contributed by atoms with E-state index in [1.807, 2.05) is 0 Å². The molecule has 9 atom stereocenters. The van der Waals surface area contributed by atoms with E-state index in [1.165, 1.54) is 52.1 Å². The average Bonchev–Trinajstić information content (AvgIpc) is 3.23.